The molecule has 1 unspecified atom stereocenters. The molecule has 4 nitrogen and oxygen atoms in total. The summed E-state index contributed by atoms with van der Waals surface area (Å²) in [5, 5.41) is 0. The standard InChI is InChI=1S/C21H28N2O2S/c1-18-7-6-10-21(15-18)17-26(24,25)23-14-13-22(19(2)16-23)12-11-20-8-4-3-5-9-20/h3-10,15,19H,11-14,16-17H2,1-2H3. The number of aryl methyl sites for hydroxylation is 1. The Morgan fingerprint density at radius 3 is 2.42 bits per heavy atom. The van der Waals surface area contributed by atoms with Gasteiger partial charge in [0.2, 0.25) is 10.0 Å². The molecule has 1 aliphatic heterocycles. The molecule has 1 heterocycles. The van der Waals surface area contributed by atoms with Crippen molar-refractivity contribution in [2.45, 2.75) is 32.1 Å². The summed E-state index contributed by atoms with van der Waals surface area (Å²) in [6.45, 7) is 7.03. The molecule has 0 aromatic heterocycles. The quantitative estimate of drug-likeness (QED) is 0.782. The predicted molar refractivity (Wildman–Crippen MR) is 107 cm³/mol. The summed E-state index contributed by atoms with van der Waals surface area (Å²) in [7, 11) is -3.27. The molecule has 1 fully saturated rings. The highest BCUT2D eigenvalue weighted by molar-refractivity contribution is 7.88. The van der Waals surface area contributed by atoms with Crippen LogP contribution in [0.15, 0.2) is 54.6 Å². The number of nitrogens with zero attached hydrogens (tertiary/aromatic N) is 2. The maximum absolute atomic E-state index is 12.8. The van der Waals surface area contributed by atoms with E-state index in [1.165, 1.54) is 5.56 Å². The Morgan fingerprint density at radius 2 is 1.73 bits per heavy atom. The molecule has 1 aliphatic rings. The van der Waals surface area contributed by atoms with Gasteiger partial charge in [-0.3, -0.25) is 4.90 Å². The van der Waals surface area contributed by atoms with Crippen LogP contribution in [-0.4, -0.2) is 49.8 Å². The van der Waals surface area contributed by atoms with Gasteiger partial charge in [-0.15, -0.1) is 0 Å². The van der Waals surface area contributed by atoms with Crippen LogP contribution in [0.2, 0.25) is 0 Å². The highest BCUT2D eigenvalue weighted by Crippen LogP contribution is 2.18. The molecule has 3 rings (SSSR count). The van der Waals surface area contributed by atoms with Gasteiger partial charge in [-0.2, -0.15) is 4.31 Å². The first-order valence-corrected chi connectivity index (χ1v) is 10.9. The number of sulfonamides is 1. The van der Waals surface area contributed by atoms with Crippen LogP contribution in [-0.2, 0) is 22.2 Å². The molecule has 0 amide bonds. The van der Waals surface area contributed by atoms with Gasteiger partial charge in [-0.1, -0.05) is 60.2 Å². The average molecular weight is 373 g/mol. The van der Waals surface area contributed by atoms with Crippen LogP contribution < -0.4 is 0 Å². The van der Waals surface area contributed by atoms with Crippen molar-refractivity contribution in [3.05, 3.63) is 71.3 Å². The zero-order valence-corrected chi connectivity index (χ0v) is 16.5. The van der Waals surface area contributed by atoms with Crippen molar-refractivity contribution in [1.82, 2.24) is 9.21 Å². The van der Waals surface area contributed by atoms with E-state index in [0.717, 1.165) is 30.6 Å². The molecule has 0 saturated carbocycles. The first-order valence-electron chi connectivity index (χ1n) is 9.25. The third kappa shape index (κ3) is 4.93. The van der Waals surface area contributed by atoms with Crippen LogP contribution in [0.5, 0.6) is 0 Å². The summed E-state index contributed by atoms with van der Waals surface area (Å²) < 4.78 is 27.3. The van der Waals surface area contributed by atoms with Crippen molar-refractivity contribution >= 4 is 10.0 Å². The zero-order valence-electron chi connectivity index (χ0n) is 15.6. The minimum Gasteiger partial charge on any atom is -0.298 e. The molecule has 5 heteroatoms. The van der Waals surface area contributed by atoms with Crippen molar-refractivity contribution in [1.29, 1.82) is 0 Å². The van der Waals surface area contributed by atoms with Crippen molar-refractivity contribution < 1.29 is 8.42 Å². The fourth-order valence-electron chi connectivity index (χ4n) is 3.57. The molecule has 2 aromatic carbocycles. The Kier molecular flexibility index (Phi) is 6.12. The van der Waals surface area contributed by atoms with Crippen molar-refractivity contribution in [3.63, 3.8) is 0 Å². The van der Waals surface area contributed by atoms with Gasteiger partial charge in [0, 0.05) is 32.2 Å². The fraction of sp³-hybridized carbons (Fsp3) is 0.429. The highest BCUT2D eigenvalue weighted by Gasteiger charge is 2.30. The molecule has 26 heavy (non-hydrogen) atoms. The van der Waals surface area contributed by atoms with Crippen LogP contribution in [0.4, 0.5) is 0 Å². The van der Waals surface area contributed by atoms with Crippen LogP contribution in [0, 0.1) is 6.92 Å². The Morgan fingerprint density at radius 1 is 1.00 bits per heavy atom. The van der Waals surface area contributed by atoms with Crippen LogP contribution in [0.3, 0.4) is 0 Å². The lowest BCUT2D eigenvalue weighted by atomic mass is 10.1. The molecule has 0 aliphatic carbocycles. The van der Waals surface area contributed by atoms with E-state index in [9.17, 15) is 8.42 Å². The van der Waals surface area contributed by atoms with Crippen LogP contribution >= 0.6 is 0 Å². The molecule has 0 spiro atoms. The van der Waals surface area contributed by atoms with Gasteiger partial charge in [-0.05, 0) is 31.4 Å². The SMILES string of the molecule is Cc1cccc(CS(=O)(=O)N2CCN(CCc3ccccc3)C(C)C2)c1. The van der Waals surface area contributed by atoms with Gasteiger partial charge in [0.1, 0.15) is 0 Å². The number of piperazine rings is 1. The third-order valence-electron chi connectivity index (χ3n) is 5.08. The Bertz CT molecular complexity index is 821. The number of rotatable bonds is 6. The summed E-state index contributed by atoms with van der Waals surface area (Å²) >= 11 is 0. The fourth-order valence-corrected chi connectivity index (χ4v) is 5.15. The molecular weight excluding hydrogens is 344 g/mol. The number of hydrogen-bond donors (Lipinski definition) is 0. The number of hydrogen-bond acceptors (Lipinski definition) is 3. The van der Waals surface area contributed by atoms with E-state index < -0.39 is 10.0 Å². The largest absolute Gasteiger partial charge is 0.298 e. The molecule has 2 aromatic rings. The van der Waals surface area contributed by atoms with Gasteiger partial charge in [0.25, 0.3) is 0 Å². The van der Waals surface area contributed by atoms with Crippen LogP contribution in [0.1, 0.15) is 23.6 Å². The van der Waals surface area contributed by atoms with E-state index in [1.54, 1.807) is 4.31 Å². The third-order valence-corrected chi connectivity index (χ3v) is 6.90. The summed E-state index contributed by atoms with van der Waals surface area (Å²) in [5.74, 6) is 0.0887. The Balaban J connectivity index is 1.57. The lowest BCUT2D eigenvalue weighted by Crippen LogP contribution is -2.54. The van der Waals surface area contributed by atoms with E-state index in [1.807, 2.05) is 37.3 Å². The van der Waals surface area contributed by atoms with Gasteiger partial charge in [-0.25, -0.2) is 8.42 Å². The van der Waals surface area contributed by atoms with Gasteiger partial charge >= 0.3 is 0 Å². The normalized spacial score (nSPS) is 19.5. The lowest BCUT2D eigenvalue weighted by molar-refractivity contribution is 0.130. The van der Waals surface area contributed by atoms with Gasteiger partial charge in [0.05, 0.1) is 5.75 Å². The van der Waals surface area contributed by atoms with E-state index in [-0.39, 0.29) is 11.8 Å². The monoisotopic (exact) mass is 372 g/mol. The molecule has 0 N–H and O–H groups in total. The maximum Gasteiger partial charge on any atom is 0.218 e. The molecule has 0 radical (unpaired) electrons. The molecule has 140 valence electrons. The van der Waals surface area contributed by atoms with Crippen LogP contribution in [0.25, 0.3) is 0 Å². The number of benzene rings is 2. The van der Waals surface area contributed by atoms with E-state index >= 15 is 0 Å². The van der Waals surface area contributed by atoms with E-state index in [2.05, 4.69) is 36.1 Å². The zero-order chi connectivity index (χ0) is 18.6. The summed E-state index contributed by atoms with van der Waals surface area (Å²) in [6, 6.07) is 18.4. The lowest BCUT2D eigenvalue weighted by Gasteiger charge is -2.39. The smallest absolute Gasteiger partial charge is 0.218 e. The second kappa shape index (κ2) is 8.33. The van der Waals surface area contributed by atoms with Crippen molar-refractivity contribution in [2.75, 3.05) is 26.2 Å². The average Bonchev–Trinajstić information content (AvgIpc) is 2.61. The highest BCUT2D eigenvalue weighted by atomic mass is 32.2. The minimum atomic E-state index is -3.27. The molecule has 1 atom stereocenters. The van der Waals surface area contributed by atoms with Crippen molar-refractivity contribution in [3.8, 4) is 0 Å². The molecule has 1 saturated heterocycles. The molecule has 0 bridgehead atoms. The summed E-state index contributed by atoms with van der Waals surface area (Å²) in [4.78, 5) is 2.39. The predicted octanol–water partition coefficient (Wildman–Crippen LogP) is 3.07. The first kappa shape index (κ1) is 19.1. The van der Waals surface area contributed by atoms with Gasteiger partial charge < -0.3 is 0 Å². The minimum absolute atomic E-state index is 0.0887. The Labute approximate surface area is 157 Å². The Hall–Kier alpha value is -1.69. The second-order valence-electron chi connectivity index (χ2n) is 7.22. The second-order valence-corrected chi connectivity index (χ2v) is 9.19. The molecular formula is C21H28N2O2S. The first-order chi connectivity index (χ1) is 12.4. The summed E-state index contributed by atoms with van der Waals surface area (Å²) in [6.07, 6.45) is 1.00. The van der Waals surface area contributed by atoms with E-state index in [0.29, 0.717) is 13.1 Å². The maximum atomic E-state index is 12.8. The van der Waals surface area contributed by atoms with Crippen molar-refractivity contribution in [2.24, 2.45) is 0 Å². The van der Waals surface area contributed by atoms with E-state index in [4.69, 9.17) is 0 Å². The topological polar surface area (TPSA) is 40.6 Å². The van der Waals surface area contributed by atoms with Gasteiger partial charge in [0.15, 0.2) is 0 Å². The summed E-state index contributed by atoms with van der Waals surface area (Å²) in [5.41, 5.74) is 3.29.